The molecule has 0 saturated heterocycles. The molecule has 24 heavy (non-hydrogen) atoms. The van der Waals surface area contributed by atoms with Gasteiger partial charge in [-0.05, 0) is 42.7 Å². The Bertz CT molecular complexity index is 773. The summed E-state index contributed by atoms with van der Waals surface area (Å²) in [6.07, 6.45) is 0.442. The van der Waals surface area contributed by atoms with E-state index in [0.29, 0.717) is 24.2 Å². The Kier molecular flexibility index (Phi) is 4.51. The van der Waals surface area contributed by atoms with E-state index in [1.807, 2.05) is 31.2 Å². The highest BCUT2D eigenvalue weighted by molar-refractivity contribution is 6.00. The van der Waals surface area contributed by atoms with Crippen LogP contribution in [0.25, 0.3) is 0 Å². The van der Waals surface area contributed by atoms with Crippen molar-refractivity contribution in [2.24, 2.45) is 0 Å². The molecule has 2 N–H and O–H groups in total. The summed E-state index contributed by atoms with van der Waals surface area (Å²) in [5.74, 6) is -0.713. The quantitative estimate of drug-likeness (QED) is 0.693. The van der Waals surface area contributed by atoms with Crippen LogP contribution in [0.2, 0.25) is 0 Å². The molecule has 1 heterocycles. The van der Waals surface area contributed by atoms with E-state index in [2.05, 4.69) is 0 Å². The molecule has 124 valence electrons. The number of benzene rings is 2. The molecular weight excluding hydrogens is 304 g/mol. The summed E-state index contributed by atoms with van der Waals surface area (Å²) >= 11 is 0. The zero-order valence-corrected chi connectivity index (χ0v) is 13.6. The Morgan fingerprint density at radius 3 is 2.75 bits per heavy atom. The predicted octanol–water partition coefficient (Wildman–Crippen LogP) is 2.79. The number of nitrogens with zero attached hydrogens (tertiary/aromatic N) is 1. The molecule has 1 atom stereocenters. The predicted molar refractivity (Wildman–Crippen MR) is 92.8 cm³/mol. The third-order valence-corrected chi connectivity index (χ3v) is 4.17. The number of nitrogen functional groups attached to an aromatic ring is 1. The molecule has 5 heteroatoms. The van der Waals surface area contributed by atoms with Gasteiger partial charge in [0.05, 0.1) is 5.56 Å². The number of para-hydroxylation sites is 1. The second-order valence-electron chi connectivity index (χ2n) is 5.80. The van der Waals surface area contributed by atoms with Crippen molar-refractivity contribution in [3.8, 4) is 0 Å². The van der Waals surface area contributed by atoms with Crippen LogP contribution >= 0.6 is 0 Å². The van der Waals surface area contributed by atoms with Crippen LogP contribution in [0.5, 0.6) is 0 Å². The second kappa shape index (κ2) is 6.74. The van der Waals surface area contributed by atoms with E-state index in [1.165, 1.54) is 0 Å². The maximum absolute atomic E-state index is 12.8. The van der Waals surface area contributed by atoms with Crippen LogP contribution in [0, 0.1) is 0 Å². The number of fused-ring (bicyclic) bond motifs is 1. The number of hydrogen-bond donors (Lipinski definition) is 1. The molecule has 1 aliphatic rings. The zero-order valence-electron chi connectivity index (χ0n) is 13.6. The summed E-state index contributed by atoms with van der Waals surface area (Å²) in [5, 5.41) is 0. The standard InChI is InChI=1S/C19H20N2O3/c1-2-17(24-19(23)14-7-5-8-15(20)12-14)18(22)21-11-10-13-6-3-4-9-16(13)21/h3-9,12,17H,2,10-11,20H2,1H3. The average molecular weight is 324 g/mol. The van der Waals surface area contributed by atoms with Gasteiger partial charge in [0.15, 0.2) is 6.10 Å². The van der Waals surface area contributed by atoms with Crippen molar-refractivity contribution in [1.29, 1.82) is 0 Å². The Labute approximate surface area is 141 Å². The topological polar surface area (TPSA) is 72.6 Å². The number of nitrogens with two attached hydrogens (primary N) is 1. The number of rotatable bonds is 4. The Balaban J connectivity index is 1.75. The van der Waals surface area contributed by atoms with Crippen LogP contribution in [0.15, 0.2) is 48.5 Å². The van der Waals surface area contributed by atoms with E-state index >= 15 is 0 Å². The summed E-state index contributed by atoms with van der Waals surface area (Å²) in [7, 11) is 0. The van der Waals surface area contributed by atoms with Crippen LogP contribution in [-0.2, 0) is 16.0 Å². The fraction of sp³-hybridized carbons (Fsp3) is 0.263. The number of anilines is 2. The molecule has 3 rings (SSSR count). The number of carbonyl (C=O) groups is 2. The lowest BCUT2D eigenvalue weighted by Gasteiger charge is -2.23. The van der Waals surface area contributed by atoms with Crippen molar-refractivity contribution in [1.82, 2.24) is 0 Å². The summed E-state index contributed by atoms with van der Waals surface area (Å²) in [6.45, 7) is 2.45. The molecule has 0 bridgehead atoms. The van der Waals surface area contributed by atoms with Crippen LogP contribution < -0.4 is 10.6 Å². The van der Waals surface area contributed by atoms with Crippen molar-refractivity contribution in [3.63, 3.8) is 0 Å². The van der Waals surface area contributed by atoms with Crippen molar-refractivity contribution < 1.29 is 14.3 Å². The highest BCUT2D eigenvalue weighted by atomic mass is 16.5. The van der Waals surface area contributed by atoms with Gasteiger partial charge in [-0.1, -0.05) is 31.2 Å². The van der Waals surface area contributed by atoms with Gasteiger partial charge in [0.25, 0.3) is 5.91 Å². The van der Waals surface area contributed by atoms with Crippen LogP contribution in [0.4, 0.5) is 11.4 Å². The minimum Gasteiger partial charge on any atom is -0.449 e. The van der Waals surface area contributed by atoms with Crippen molar-refractivity contribution in [2.45, 2.75) is 25.9 Å². The smallest absolute Gasteiger partial charge is 0.338 e. The summed E-state index contributed by atoms with van der Waals surface area (Å²) in [4.78, 5) is 26.8. The summed E-state index contributed by atoms with van der Waals surface area (Å²) < 4.78 is 5.44. The third kappa shape index (κ3) is 3.11. The van der Waals surface area contributed by atoms with Crippen LogP contribution in [0.1, 0.15) is 29.3 Å². The fourth-order valence-corrected chi connectivity index (χ4v) is 2.91. The maximum atomic E-state index is 12.8. The van der Waals surface area contributed by atoms with E-state index in [-0.39, 0.29) is 5.91 Å². The molecule has 0 aliphatic carbocycles. The first-order valence-electron chi connectivity index (χ1n) is 8.06. The van der Waals surface area contributed by atoms with Gasteiger partial charge in [0, 0.05) is 17.9 Å². The SMILES string of the molecule is CCC(OC(=O)c1cccc(N)c1)C(=O)N1CCc2ccccc21. The molecular formula is C19H20N2O3. The fourth-order valence-electron chi connectivity index (χ4n) is 2.91. The Morgan fingerprint density at radius 2 is 2.00 bits per heavy atom. The molecule has 1 amide bonds. The normalized spacial score (nSPS) is 14.1. The molecule has 5 nitrogen and oxygen atoms in total. The highest BCUT2D eigenvalue weighted by Gasteiger charge is 2.31. The maximum Gasteiger partial charge on any atom is 0.338 e. The lowest BCUT2D eigenvalue weighted by molar-refractivity contribution is -0.127. The van der Waals surface area contributed by atoms with E-state index in [1.54, 1.807) is 29.2 Å². The minimum atomic E-state index is -0.801. The lowest BCUT2D eigenvalue weighted by Crippen LogP contribution is -2.40. The number of amides is 1. The first kappa shape index (κ1) is 16.1. The van der Waals surface area contributed by atoms with Gasteiger partial charge in [0.2, 0.25) is 0 Å². The molecule has 0 fully saturated rings. The number of esters is 1. The monoisotopic (exact) mass is 324 g/mol. The van der Waals surface area contributed by atoms with Crippen molar-refractivity contribution >= 4 is 23.3 Å². The van der Waals surface area contributed by atoms with E-state index in [0.717, 1.165) is 17.7 Å². The van der Waals surface area contributed by atoms with Gasteiger partial charge in [-0.3, -0.25) is 4.79 Å². The summed E-state index contributed by atoms with van der Waals surface area (Å²) in [6, 6.07) is 14.4. The first-order valence-corrected chi connectivity index (χ1v) is 8.06. The molecule has 0 saturated carbocycles. The van der Waals surface area contributed by atoms with Gasteiger partial charge in [-0.2, -0.15) is 0 Å². The molecule has 2 aromatic carbocycles. The second-order valence-corrected chi connectivity index (χ2v) is 5.80. The van der Waals surface area contributed by atoms with Crippen molar-refractivity contribution in [3.05, 3.63) is 59.7 Å². The van der Waals surface area contributed by atoms with Gasteiger partial charge >= 0.3 is 5.97 Å². The van der Waals surface area contributed by atoms with E-state index in [9.17, 15) is 9.59 Å². The molecule has 2 aromatic rings. The molecule has 1 unspecified atom stereocenters. The minimum absolute atomic E-state index is 0.181. The van der Waals surface area contributed by atoms with E-state index < -0.39 is 12.1 Å². The van der Waals surface area contributed by atoms with E-state index in [4.69, 9.17) is 10.5 Å². The number of hydrogen-bond acceptors (Lipinski definition) is 4. The van der Waals surface area contributed by atoms with Gasteiger partial charge < -0.3 is 15.4 Å². The Morgan fingerprint density at radius 1 is 1.21 bits per heavy atom. The van der Waals surface area contributed by atoms with Crippen LogP contribution in [-0.4, -0.2) is 24.5 Å². The first-order chi connectivity index (χ1) is 11.6. The molecule has 0 aromatic heterocycles. The average Bonchev–Trinajstić information content (AvgIpc) is 3.03. The molecule has 1 aliphatic heterocycles. The van der Waals surface area contributed by atoms with Crippen molar-refractivity contribution in [2.75, 3.05) is 17.2 Å². The lowest BCUT2D eigenvalue weighted by atomic mass is 10.1. The third-order valence-electron chi connectivity index (χ3n) is 4.17. The van der Waals surface area contributed by atoms with Gasteiger partial charge in [0.1, 0.15) is 0 Å². The van der Waals surface area contributed by atoms with Gasteiger partial charge in [-0.25, -0.2) is 4.79 Å². The molecule has 0 radical (unpaired) electrons. The van der Waals surface area contributed by atoms with Crippen LogP contribution in [0.3, 0.4) is 0 Å². The molecule has 0 spiro atoms. The largest absolute Gasteiger partial charge is 0.449 e. The number of carbonyl (C=O) groups excluding carboxylic acids is 2. The number of ether oxygens (including phenoxy) is 1. The Hall–Kier alpha value is -2.82. The zero-order chi connectivity index (χ0) is 17.1. The highest BCUT2D eigenvalue weighted by Crippen LogP contribution is 2.28. The summed E-state index contributed by atoms with van der Waals surface area (Å²) in [5.41, 5.74) is 8.57. The van der Waals surface area contributed by atoms with Gasteiger partial charge in [-0.15, -0.1) is 0 Å².